The summed E-state index contributed by atoms with van der Waals surface area (Å²) in [6.45, 7) is 4.72. The number of carbonyl (C=O) groups is 1. The van der Waals surface area contributed by atoms with Gasteiger partial charge in [0.2, 0.25) is 0 Å². The Morgan fingerprint density at radius 3 is 2.68 bits per heavy atom. The number of nitrogens with zero attached hydrogens (tertiary/aromatic N) is 4. The number of aryl methyl sites for hydroxylation is 1. The number of aromatic amines is 1. The largest absolute Gasteiger partial charge is 0.356 e. The number of hydrogen-bond acceptors (Lipinski definition) is 5. The predicted octanol–water partition coefficient (Wildman–Crippen LogP) is 4.62. The first-order chi connectivity index (χ1) is 14.9. The molecule has 162 valence electrons. The van der Waals surface area contributed by atoms with Crippen LogP contribution >= 0.6 is 23.2 Å². The summed E-state index contributed by atoms with van der Waals surface area (Å²) in [6, 6.07) is 13.0. The number of benzene rings is 2. The summed E-state index contributed by atoms with van der Waals surface area (Å²) in [5, 5.41) is 15.0. The molecule has 1 aliphatic heterocycles. The zero-order chi connectivity index (χ0) is 22.0. The van der Waals surface area contributed by atoms with Gasteiger partial charge >= 0.3 is 0 Å². The first-order valence-electron chi connectivity index (χ1n) is 10.2. The maximum absolute atomic E-state index is 13.6. The van der Waals surface area contributed by atoms with E-state index in [1.165, 1.54) is 0 Å². The number of anilines is 1. The fraction of sp³-hybridized carbons (Fsp3) is 0.364. The maximum Gasteiger partial charge on any atom is 0.256 e. The predicted molar refractivity (Wildman–Crippen MR) is 119 cm³/mol. The molecule has 0 bridgehead atoms. The van der Waals surface area contributed by atoms with Crippen molar-refractivity contribution in [3.63, 3.8) is 0 Å². The van der Waals surface area contributed by atoms with Gasteiger partial charge in [0, 0.05) is 39.8 Å². The number of nitrogens with one attached hydrogen (secondary N) is 1. The molecule has 9 heteroatoms. The fourth-order valence-electron chi connectivity index (χ4n) is 3.80. The van der Waals surface area contributed by atoms with Gasteiger partial charge in [0.25, 0.3) is 5.91 Å². The topological polar surface area (TPSA) is 84.0 Å². The Bertz CT molecular complexity index is 1060. The van der Waals surface area contributed by atoms with Gasteiger partial charge in [-0.3, -0.25) is 4.79 Å². The molecule has 3 aromatic rings. The highest BCUT2D eigenvalue weighted by Gasteiger charge is 2.37. The van der Waals surface area contributed by atoms with Gasteiger partial charge in [-0.2, -0.15) is 0 Å². The Kier molecular flexibility index (Phi) is 6.55. The summed E-state index contributed by atoms with van der Waals surface area (Å²) in [7, 11) is 0. The van der Waals surface area contributed by atoms with Crippen LogP contribution in [0.2, 0.25) is 10.0 Å². The van der Waals surface area contributed by atoms with Crippen LogP contribution in [0.3, 0.4) is 0 Å². The van der Waals surface area contributed by atoms with Gasteiger partial charge in [-0.25, -0.2) is 5.10 Å². The van der Waals surface area contributed by atoms with Crippen molar-refractivity contribution in [3.8, 4) is 0 Å². The van der Waals surface area contributed by atoms with Crippen LogP contribution in [0.15, 0.2) is 42.5 Å². The second-order valence-corrected chi connectivity index (χ2v) is 8.80. The van der Waals surface area contributed by atoms with E-state index in [0.717, 1.165) is 16.8 Å². The van der Waals surface area contributed by atoms with Gasteiger partial charge in [-0.1, -0.05) is 55.2 Å². The first kappa shape index (κ1) is 21.7. The van der Waals surface area contributed by atoms with Crippen LogP contribution in [0.25, 0.3) is 0 Å². The molecule has 0 aliphatic carbocycles. The zero-order valence-corrected chi connectivity index (χ0v) is 18.8. The zero-order valence-electron chi connectivity index (χ0n) is 17.3. The lowest BCUT2D eigenvalue weighted by molar-refractivity contribution is -0.132. The minimum atomic E-state index is -0.698. The van der Waals surface area contributed by atoms with E-state index in [9.17, 15) is 4.79 Å². The molecule has 2 atom stereocenters. The van der Waals surface area contributed by atoms with Crippen molar-refractivity contribution in [1.82, 2.24) is 20.6 Å². The molecule has 1 N–H and O–H groups in total. The monoisotopic (exact) mass is 459 g/mol. The van der Waals surface area contributed by atoms with E-state index in [1.807, 2.05) is 36.4 Å². The number of carbonyl (C=O) groups excluding carboxylic acids is 1. The number of rotatable bonds is 6. The Morgan fingerprint density at radius 1 is 1.16 bits per heavy atom. The fourth-order valence-corrected chi connectivity index (χ4v) is 4.21. The average molecular weight is 460 g/mol. The summed E-state index contributed by atoms with van der Waals surface area (Å²) >= 11 is 12.9. The molecule has 1 aromatic heterocycles. The van der Waals surface area contributed by atoms with E-state index < -0.39 is 12.2 Å². The third-order valence-electron chi connectivity index (χ3n) is 5.17. The SMILES string of the molecule is CC(C)CN1C(=O)[C@H](CCc2nnn[nH]2)O[C@@H](c2ccccc2Cl)c2cc(Cl)ccc21. The molecule has 0 fully saturated rings. The second-order valence-electron chi connectivity index (χ2n) is 7.96. The van der Waals surface area contributed by atoms with E-state index in [0.29, 0.717) is 35.3 Å². The average Bonchev–Trinajstić information content (AvgIpc) is 3.23. The van der Waals surface area contributed by atoms with E-state index in [1.54, 1.807) is 11.0 Å². The molecular weight excluding hydrogens is 437 g/mol. The Morgan fingerprint density at radius 2 is 1.97 bits per heavy atom. The van der Waals surface area contributed by atoms with Crippen LogP contribution < -0.4 is 4.90 Å². The van der Waals surface area contributed by atoms with Crippen molar-refractivity contribution in [2.45, 2.75) is 38.9 Å². The van der Waals surface area contributed by atoms with Crippen molar-refractivity contribution in [2.75, 3.05) is 11.4 Å². The summed E-state index contributed by atoms with van der Waals surface area (Å²) in [6.07, 6.45) is -0.337. The number of tetrazole rings is 1. The number of amides is 1. The van der Waals surface area contributed by atoms with Gasteiger partial charge in [0.15, 0.2) is 0 Å². The first-order valence-corrected chi connectivity index (χ1v) is 10.9. The van der Waals surface area contributed by atoms with E-state index in [2.05, 4.69) is 34.5 Å². The van der Waals surface area contributed by atoms with Crippen LogP contribution in [-0.2, 0) is 16.0 Å². The molecule has 2 heterocycles. The molecule has 0 radical (unpaired) electrons. The van der Waals surface area contributed by atoms with Crippen LogP contribution in [0.1, 0.15) is 43.3 Å². The third-order valence-corrected chi connectivity index (χ3v) is 5.75. The summed E-state index contributed by atoms with van der Waals surface area (Å²) in [4.78, 5) is 15.4. The molecule has 4 rings (SSSR count). The molecular formula is C22H23Cl2N5O2. The normalized spacial score (nSPS) is 18.9. The van der Waals surface area contributed by atoms with Crippen LogP contribution in [0.5, 0.6) is 0 Å². The summed E-state index contributed by atoms with van der Waals surface area (Å²) in [5.41, 5.74) is 2.40. The van der Waals surface area contributed by atoms with Crippen LogP contribution in [0.4, 0.5) is 5.69 Å². The molecule has 1 amide bonds. The number of hydrogen-bond donors (Lipinski definition) is 1. The van der Waals surface area contributed by atoms with Crippen LogP contribution in [-0.4, -0.2) is 39.2 Å². The summed E-state index contributed by atoms with van der Waals surface area (Å²) < 4.78 is 6.47. The highest BCUT2D eigenvalue weighted by Crippen LogP contribution is 2.42. The number of H-pyrrole nitrogens is 1. The number of aromatic nitrogens is 4. The number of fused-ring (bicyclic) bond motifs is 1. The molecule has 0 saturated heterocycles. The van der Waals surface area contributed by atoms with Crippen molar-refractivity contribution in [3.05, 3.63) is 69.5 Å². The van der Waals surface area contributed by atoms with Crippen molar-refractivity contribution < 1.29 is 9.53 Å². The minimum absolute atomic E-state index is 0.0979. The third kappa shape index (κ3) is 4.74. The lowest BCUT2D eigenvalue weighted by Gasteiger charge is -2.26. The number of halogens is 2. The van der Waals surface area contributed by atoms with Gasteiger partial charge in [0.05, 0.1) is 0 Å². The van der Waals surface area contributed by atoms with Crippen LogP contribution in [0, 0.1) is 5.92 Å². The Labute approximate surface area is 190 Å². The highest BCUT2D eigenvalue weighted by molar-refractivity contribution is 6.31. The van der Waals surface area contributed by atoms with Gasteiger partial charge in [-0.05, 0) is 47.0 Å². The van der Waals surface area contributed by atoms with Crippen molar-refractivity contribution in [1.29, 1.82) is 0 Å². The second kappa shape index (κ2) is 9.34. The molecule has 31 heavy (non-hydrogen) atoms. The molecule has 2 aromatic carbocycles. The maximum atomic E-state index is 13.6. The van der Waals surface area contributed by atoms with Gasteiger partial charge < -0.3 is 9.64 Å². The van der Waals surface area contributed by atoms with Crippen molar-refractivity contribution in [2.24, 2.45) is 5.92 Å². The standard InChI is InChI=1S/C22H23Cl2N5O2/c1-13(2)12-29-18-8-7-14(23)11-16(18)21(15-5-3-4-6-17(15)24)31-19(22(29)30)9-10-20-25-27-28-26-20/h3-8,11,13,19,21H,9-10,12H2,1-2H3,(H,25,26,27,28)/t19-,21-/m0/s1. The van der Waals surface area contributed by atoms with E-state index in [-0.39, 0.29) is 11.8 Å². The summed E-state index contributed by atoms with van der Waals surface area (Å²) in [5.74, 6) is 0.772. The highest BCUT2D eigenvalue weighted by atomic mass is 35.5. The lowest BCUT2D eigenvalue weighted by atomic mass is 9.99. The Balaban J connectivity index is 1.80. The minimum Gasteiger partial charge on any atom is -0.356 e. The van der Waals surface area contributed by atoms with Gasteiger partial charge in [-0.15, -0.1) is 5.10 Å². The quantitative estimate of drug-likeness (QED) is 0.581. The van der Waals surface area contributed by atoms with Gasteiger partial charge in [0.1, 0.15) is 18.0 Å². The Hall–Kier alpha value is -2.48. The molecule has 0 spiro atoms. The van der Waals surface area contributed by atoms with E-state index >= 15 is 0 Å². The molecule has 0 saturated carbocycles. The van der Waals surface area contributed by atoms with E-state index in [4.69, 9.17) is 27.9 Å². The molecule has 1 aliphatic rings. The molecule has 7 nitrogen and oxygen atoms in total. The van der Waals surface area contributed by atoms with Crippen molar-refractivity contribution >= 4 is 34.8 Å². The molecule has 0 unspecified atom stereocenters. The smallest absolute Gasteiger partial charge is 0.256 e. The lowest BCUT2D eigenvalue weighted by Crippen LogP contribution is -2.41. The number of ether oxygens (including phenoxy) is 1.